The molecule has 0 N–H and O–H groups in total. The zero-order chi connectivity index (χ0) is 7.72. The van der Waals surface area contributed by atoms with Crippen molar-refractivity contribution < 1.29 is 8.78 Å². The van der Waals surface area contributed by atoms with Crippen molar-refractivity contribution in [2.75, 3.05) is 0 Å². The maximum atomic E-state index is 12.8. The van der Waals surface area contributed by atoms with Crippen LogP contribution in [0.1, 0.15) is 19.8 Å². The van der Waals surface area contributed by atoms with Crippen LogP contribution in [0, 0.1) is 0 Å². The molecular formula is C7H7BrF2. The van der Waals surface area contributed by atoms with Crippen LogP contribution >= 0.6 is 15.9 Å². The average Bonchev–Trinajstić information content (AvgIpc) is 1.93. The molecule has 0 heterocycles. The summed E-state index contributed by atoms with van der Waals surface area (Å²) in [6.07, 6.45) is 0.759. The molecule has 1 aliphatic rings. The van der Waals surface area contributed by atoms with Gasteiger partial charge in [-0.15, -0.1) is 0 Å². The molecule has 0 saturated carbocycles. The van der Waals surface area contributed by atoms with Crippen molar-refractivity contribution in [1.29, 1.82) is 0 Å². The third-order valence-corrected chi connectivity index (χ3v) is 2.28. The molecule has 3 heteroatoms. The lowest BCUT2D eigenvalue weighted by atomic mass is 10.1. The molecule has 0 aromatic carbocycles. The summed E-state index contributed by atoms with van der Waals surface area (Å²) in [5.41, 5.74) is 0.137. The van der Waals surface area contributed by atoms with Gasteiger partial charge in [0.25, 0.3) is 0 Å². The molecule has 1 aliphatic carbocycles. The predicted molar refractivity (Wildman–Crippen MR) is 40.1 cm³/mol. The van der Waals surface area contributed by atoms with Crippen molar-refractivity contribution in [3.05, 3.63) is 21.7 Å². The zero-order valence-corrected chi connectivity index (χ0v) is 7.13. The van der Waals surface area contributed by atoms with Crippen molar-refractivity contribution in [3.63, 3.8) is 0 Å². The minimum atomic E-state index is -0.441. The second kappa shape index (κ2) is 2.82. The Labute approximate surface area is 66.7 Å². The zero-order valence-electron chi connectivity index (χ0n) is 5.55. The number of hydrogen-bond donors (Lipinski definition) is 0. The standard InChI is InChI=1S/C7H7BrF2/c1-4-6(9)3-2-5(8)7(4)10/h2-3H2,1H3. The minimum Gasteiger partial charge on any atom is -0.211 e. The van der Waals surface area contributed by atoms with Crippen LogP contribution in [-0.2, 0) is 0 Å². The minimum absolute atomic E-state index is 0.137. The van der Waals surface area contributed by atoms with E-state index in [0.717, 1.165) is 0 Å². The molecule has 1 rings (SSSR count). The van der Waals surface area contributed by atoms with Gasteiger partial charge in [-0.1, -0.05) is 15.9 Å². The van der Waals surface area contributed by atoms with E-state index in [9.17, 15) is 8.78 Å². The fraction of sp³-hybridized carbons (Fsp3) is 0.429. The molecule has 0 fully saturated rings. The summed E-state index contributed by atoms with van der Waals surface area (Å²) < 4.78 is 25.8. The third-order valence-electron chi connectivity index (χ3n) is 1.54. The van der Waals surface area contributed by atoms with Gasteiger partial charge in [0, 0.05) is 16.5 Å². The lowest BCUT2D eigenvalue weighted by Gasteiger charge is -2.10. The van der Waals surface area contributed by atoms with Gasteiger partial charge >= 0.3 is 0 Å². The van der Waals surface area contributed by atoms with Crippen LogP contribution in [0.4, 0.5) is 8.78 Å². The molecule has 56 valence electrons. The summed E-state index contributed by atoms with van der Waals surface area (Å²) in [4.78, 5) is 0. The van der Waals surface area contributed by atoms with E-state index in [0.29, 0.717) is 17.3 Å². The first-order chi connectivity index (χ1) is 4.63. The van der Waals surface area contributed by atoms with Crippen LogP contribution < -0.4 is 0 Å². The monoisotopic (exact) mass is 208 g/mol. The van der Waals surface area contributed by atoms with Gasteiger partial charge in [0.05, 0.1) is 0 Å². The fourth-order valence-corrected chi connectivity index (χ4v) is 1.33. The maximum absolute atomic E-state index is 12.8. The Morgan fingerprint density at radius 2 is 1.90 bits per heavy atom. The van der Waals surface area contributed by atoms with Crippen molar-refractivity contribution in [1.82, 2.24) is 0 Å². The first-order valence-electron chi connectivity index (χ1n) is 3.02. The SMILES string of the molecule is CC1=C(F)CCC(Br)=C1F. The lowest BCUT2D eigenvalue weighted by Crippen LogP contribution is -1.94. The van der Waals surface area contributed by atoms with Crippen LogP contribution in [0.15, 0.2) is 21.7 Å². The molecule has 0 nitrogen and oxygen atoms in total. The first kappa shape index (κ1) is 7.92. The number of allylic oxidation sites excluding steroid dienone is 4. The fourth-order valence-electron chi connectivity index (χ4n) is 0.839. The Balaban J connectivity index is 3.01. The smallest absolute Gasteiger partial charge is 0.138 e. The van der Waals surface area contributed by atoms with Gasteiger partial charge in [-0.05, 0) is 13.3 Å². The second-order valence-electron chi connectivity index (χ2n) is 2.25. The van der Waals surface area contributed by atoms with E-state index in [1.807, 2.05) is 0 Å². The molecule has 0 radical (unpaired) electrons. The van der Waals surface area contributed by atoms with Crippen LogP contribution in [0.25, 0.3) is 0 Å². The molecule has 0 bridgehead atoms. The van der Waals surface area contributed by atoms with Crippen LogP contribution in [0.3, 0.4) is 0 Å². The second-order valence-corrected chi connectivity index (χ2v) is 3.21. The molecule has 0 aromatic heterocycles. The van der Waals surface area contributed by atoms with E-state index in [1.54, 1.807) is 0 Å². The van der Waals surface area contributed by atoms with Crippen LogP contribution in [-0.4, -0.2) is 0 Å². The van der Waals surface area contributed by atoms with Gasteiger partial charge in [0.15, 0.2) is 0 Å². The Bertz CT molecular complexity index is 192. The molecule has 0 spiro atoms. The quantitative estimate of drug-likeness (QED) is 0.571. The largest absolute Gasteiger partial charge is 0.211 e. The Morgan fingerprint density at radius 3 is 2.40 bits per heavy atom. The maximum Gasteiger partial charge on any atom is 0.138 e. The van der Waals surface area contributed by atoms with Crippen molar-refractivity contribution in [2.45, 2.75) is 19.8 Å². The Kier molecular flexibility index (Phi) is 2.24. The summed E-state index contributed by atoms with van der Waals surface area (Å²) in [6, 6.07) is 0. The van der Waals surface area contributed by atoms with E-state index in [2.05, 4.69) is 15.9 Å². The van der Waals surface area contributed by atoms with Crippen LogP contribution in [0.5, 0.6) is 0 Å². The van der Waals surface area contributed by atoms with E-state index in [1.165, 1.54) is 6.92 Å². The highest BCUT2D eigenvalue weighted by atomic mass is 79.9. The number of hydrogen-bond acceptors (Lipinski definition) is 0. The van der Waals surface area contributed by atoms with Gasteiger partial charge in [-0.25, -0.2) is 8.78 Å². The highest BCUT2D eigenvalue weighted by Crippen LogP contribution is 2.34. The van der Waals surface area contributed by atoms with Crippen LogP contribution in [0.2, 0.25) is 0 Å². The summed E-state index contributed by atoms with van der Waals surface area (Å²) >= 11 is 3.03. The highest BCUT2D eigenvalue weighted by molar-refractivity contribution is 9.11. The Hall–Kier alpha value is -0.180. The number of rotatable bonds is 0. The summed E-state index contributed by atoms with van der Waals surface area (Å²) in [7, 11) is 0. The first-order valence-corrected chi connectivity index (χ1v) is 3.82. The van der Waals surface area contributed by atoms with Gasteiger partial charge in [-0.2, -0.15) is 0 Å². The summed E-state index contributed by atoms with van der Waals surface area (Å²) in [6.45, 7) is 1.45. The topological polar surface area (TPSA) is 0 Å². The average molecular weight is 209 g/mol. The van der Waals surface area contributed by atoms with Gasteiger partial charge in [0.1, 0.15) is 11.7 Å². The molecule has 0 aliphatic heterocycles. The third kappa shape index (κ3) is 1.29. The van der Waals surface area contributed by atoms with E-state index >= 15 is 0 Å². The summed E-state index contributed by atoms with van der Waals surface area (Å²) in [5, 5.41) is 0. The van der Waals surface area contributed by atoms with Gasteiger partial charge in [0.2, 0.25) is 0 Å². The normalized spacial score (nSPS) is 20.4. The molecule has 0 amide bonds. The Morgan fingerprint density at radius 1 is 1.30 bits per heavy atom. The van der Waals surface area contributed by atoms with Gasteiger partial charge in [-0.3, -0.25) is 0 Å². The lowest BCUT2D eigenvalue weighted by molar-refractivity contribution is 0.539. The molecule has 10 heavy (non-hydrogen) atoms. The van der Waals surface area contributed by atoms with Crippen molar-refractivity contribution in [2.24, 2.45) is 0 Å². The number of halogens is 3. The molecule has 0 atom stereocenters. The molecule has 0 unspecified atom stereocenters. The molecular weight excluding hydrogens is 202 g/mol. The molecule has 0 saturated heterocycles. The highest BCUT2D eigenvalue weighted by Gasteiger charge is 2.16. The van der Waals surface area contributed by atoms with Gasteiger partial charge < -0.3 is 0 Å². The van der Waals surface area contributed by atoms with E-state index in [4.69, 9.17) is 0 Å². The predicted octanol–water partition coefficient (Wildman–Crippen LogP) is 3.60. The van der Waals surface area contributed by atoms with Crippen molar-refractivity contribution in [3.8, 4) is 0 Å². The van der Waals surface area contributed by atoms with Crippen molar-refractivity contribution >= 4 is 15.9 Å². The van der Waals surface area contributed by atoms with E-state index < -0.39 is 5.83 Å². The summed E-state index contributed by atoms with van der Waals surface area (Å²) in [5.74, 6) is -0.774. The van der Waals surface area contributed by atoms with E-state index in [-0.39, 0.29) is 11.4 Å². The molecule has 0 aromatic rings.